The SMILES string of the molecule is NC(=O)NCCCC(NC=O)C(=O)Nc1ccc(CCNC=O)cc1. The number of primary amides is 1. The average molecular weight is 349 g/mol. The van der Waals surface area contributed by atoms with Crippen LogP contribution in [0.5, 0.6) is 0 Å². The zero-order valence-corrected chi connectivity index (χ0v) is 13.8. The number of nitrogens with one attached hydrogen (secondary N) is 4. The van der Waals surface area contributed by atoms with Gasteiger partial charge in [-0.05, 0) is 37.0 Å². The van der Waals surface area contributed by atoms with Crippen molar-refractivity contribution in [3.05, 3.63) is 29.8 Å². The Morgan fingerprint density at radius 2 is 1.80 bits per heavy atom. The van der Waals surface area contributed by atoms with Crippen molar-refractivity contribution in [1.29, 1.82) is 0 Å². The van der Waals surface area contributed by atoms with E-state index in [2.05, 4.69) is 21.3 Å². The van der Waals surface area contributed by atoms with E-state index in [0.717, 1.165) is 5.56 Å². The summed E-state index contributed by atoms with van der Waals surface area (Å²) in [6.45, 7) is 0.864. The van der Waals surface area contributed by atoms with Crippen LogP contribution in [0.2, 0.25) is 0 Å². The smallest absolute Gasteiger partial charge is 0.312 e. The van der Waals surface area contributed by atoms with E-state index in [0.29, 0.717) is 50.9 Å². The Morgan fingerprint density at radius 1 is 1.08 bits per heavy atom. The Hall–Kier alpha value is -3.10. The van der Waals surface area contributed by atoms with Crippen LogP contribution in [0.25, 0.3) is 0 Å². The fraction of sp³-hybridized carbons (Fsp3) is 0.375. The lowest BCUT2D eigenvalue weighted by Crippen LogP contribution is -2.40. The summed E-state index contributed by atoms with van der Waals surface area (Å²) in [5.74, 6) is -0.346. The van der Waals surface area contributed by atoms with E-state index in [1.807, 2.05) is 12.1 Å². The van der Waals surface area contributed by atoms with Crippen LogP contribution in [0.1, 0.15) is 18.4 Å². The minimum atomic E-state index is -0.705. The molecule has 0 heterocycles. The van der Waals surface area contributed by atoms with Crippen LogP contribution in [-0.2, 0) is 20.8 Å². The number of urea groups is 1. The maximum atomic E-state index is 12.2. The molecule has 0 saturated heterocycles. The zero-order chi connectivity index (χ0) is 18.5. The zero-order valence-electron chi connectivity index (χ0n) is 13.8. The average Bonchev–Trinajstić information content (AvgIpc) is 2.59. The molecule has 136 valence electrons. The highest BCUT2D eigenvalue weighted by Crippen LogP contribution is 2.11. The summed E-state index contributed by atoms with van der Waals surface area (Å²) in [6.07, 6.45) is 2.66. The summed E-state index contributed by atoms with van der Waals surface area (Å²) in [7, 11) is 0. The molecule has 9 nitrogen and oxygen atoms in total. The third-order valence-corrected chi connectivity index (χ3v) is 3.42. The van der Waals surface area contributed by atoms with Crippen molar-refractivity contribution in [3.63, 3.8) is 0 Å². The van der Waals surface area contributed by atoms with Gasteiger partial charge in [-0.1, -0.05) is 12.1 Å². The first-order valence-corrected chi connectivity index (χ1v) is 7.86. The van der Waals surface area contributed by atoms with E-state index in [9.17, 15) is 19.2 Å². The Balaban J connectivity index is 2.50. The molecule has 0 radical (unpaired) electrons. The third-order valence-electron chi connectivity index (χ3n) is 3.42. The number of anilines is 1. The van der Waals surface area contributed by atoms with Crippen LogP contribution in [0.4, 0.5) is 10.5 Å². The monoisotopic (exact) mass is 349 g/mol. The number of hydrogen-bond acceptors (Lipinski definition) is 4. The Labute approximate surface area is 145 Å². The van der Waals surface area contributed by atoms with Crippen molar-refractivity contribution in [2.24, 2.45) is 5.73 Å². The summed E-state index contributed by atoms with van der Waals surface area (Å²) in [4.78, 5) is 43.7. The first kappa shape index (κ1) is 19.9. The normalized spacial score (nSPS) is 11.0. The second kappa shape index (κ2) is 11.4. The molecular weight excluding hydrogens is 326 g/mol. The predicted molar refractivity (Wildman–Crippen MR) is 92.7 cm³/mol. The van der Waals surface area contributed by atoms with E-state index in [1.54, 1.807) is 12.1 Å². The van der Waals surface area contributed by atoms with Gasteiger partial charge in [0.25, 0.3) is 0 Å². The van der Waals surface area contributed by atoms with Gasteiger partial charge in [0, 0.05) is 18.8 Å². The quantitative estimate of drug-likeness (QED) is 0.255. The molecule has 6 N–H and O–H groups in total. The van der Waals surface area contributed by atoms with Crippen LogP contribution in [-0.4, -0.2) is 43.9 Å². The van der Waals surface area contributed by atoms with E-state index < -0.39 is 12.1 Å². The molecule has 0 aliphatic heterocycles. The highest BCUT2D eigenvalue weighted by Gasteiger charge is 2.17. The number of carbonyl (C=O) groups is 4. The molecular formula is C16H23N5O4. The molecule has 1 aromatic rings. The van der Waals surface area contributed by atoms with Crippen LogP contribution in [0.3, 0.4) is 0 Å². The number of hydrogen-bond donors (Lipinski definition) is 5. The van der Waals surface area contributed by atoms with Crippen molar-refractivity contribution >= 4 is 30.4 Å². The molecule has 1 aromatic carbocycles. The number of benzene rings is 1. The molecule has 9 heteroatoms. The lowest BCUT2D eigenvalue weighted by atomic mass is 10.1. The second-order valence-electron chi connectivity index (χ2n) is 5.28. The van der Waals surface area contributed by atoms with Crippen molar-refractivity contribution in [1.82, 2.24) is 16.0 Å². The molecule has 1 unspecified atom stereocenters. The van der Waals surface area contributed by atoms with Gasteiger partial charge in [0.2, 0.25) is 18.7 Å². The Morgan fingerprint density at radius 3 is 2.40 bits per heavy atom. The fourth-order valence-electron chi connectivity index (χ4n) is 2.15. The number of rotatable bonds is 12. The van der Waals surface area contributed by atoms with Crippen LogP contribution in [0.15, 0.2) is 24.3 Å². The predicted octanol–water partition coefficient (Wildman–Crippen LogP) is -0.523. The standard InChI is InChI=1S/C16H23N5O4/c17-16(25)19-8-1-2-14(20-11-23)15(24)21-13-5-3-12(4-6-13)7-9-18-10-22/h3-6,10-11,14H,1-2,7-9H2,(H,18,22)(H,20,23)(H,21,24)(H3,17,19,25). The van der Waals surface area contributed by atoms with Crippen LogP contribution < -0.4 is 27.0 Å². The molecule has 0 aromatic heterocycles. The summed E-state index contributed by atoms with van der Waals surface area (Å²) in [6, 6.07) is 5.86. The van der Waals surface area contributed by atoms with E-state index >= 15 is 0 Å². The first-order chi connectivity index (χ1) is 12.1. The number of nitrogens with two attached hydrogens (primary N) is 1. The molecule has 0 bridgehead atoms. The number of amides is 5. The van der Waals surface area contributed by atoms with Crippen molar-refractivity contribution in [3.8, 4) is 0 Å². The lowest BCUT2D eigenvalue weighted by molar-refractivity contribution is -0.121. The summed E-state index contributed by atoms with van der Waals surface area (Å²) >= 11 is 0. The number of carbonyl (C=O) groups excluding carboxylic acids is 4. The van der Waals surface area contributed by atoms with Gasteiger partial charge in [-0.15, -0.1) is 0 Å². The third kappa shape index (κ3) is 8.35. The summed E-state index contributed by atoms with van der Waals surface area (Å²) in [5, 5.41) is 10.2. The van der Waals surface area contributed by atoms with Gasteiger partial charge >= 0.3 is 6.03 Å². The maximum Gasteiger partial charge on any atom is 0.312 e. The van der Waals surface area contributed by atoms with Crippen LogP contribution >= 0.6 is 0 Å². The molecule has 0 spiro atoms. The fourth-order valence-corrected chi connectivity index (χ4v) is 2.15. The van der Waals surface area contributed by atoms with Gasteiger partial charge in [-0.25, -0.2) is 4.79 Å². The van der Waals surface area contributed by atoms with Crippen LogP contribution in [0, 0.1) is 0 Å². The molecule has 0 aliphatic rings. The summed E-state index contributed by atoms with van der Waals surface area (Å²) < 4.78 is 0. The van der Waals surface area contributed by atoms with E-state index in [4.69, 9.17) is 5.73 Å². The second-order valence-corrected chi connectivity index (χ2v) is 5.28. The molecule has 1 atom stereocenters. The minimum absolute atomic E-state index is 0.323. The van der Waals surface area contributed by atoms with Crippen molar-refractivity contribution < 1.29 is 19.2 Å². The highest BCUT2D eigenvalue weighted by atomic mass is 16.2. The van der Waals surface area contributed by atoms with E-state index in [-0.39, 0.29) is 5.91 Å². The first-order valence-electron chi connectivity index (χ1n) is 7.86. The molecule has 5 amide bonds. The molecule has 0 fully saturated rings. The van der Waals surface area contributed by atoms with Gasteiger partial charge < -0.3 is 27.0 Å². The Bertz CT molecular complexity index is 576. The van der Waals surface area contributed by atoms with Crippen molar-refractivity contribution in [2.75, 3.05) is 18.4 Å². The molecule has 0 saturated carbocycles. The maximum absolute atomic E-state index is 12.2. The summed E-state index contributed by atoms with van der Waals surface area (Å²) in [5.41, 5.74) is 6.58. The highest BCUT2D eigenvalue weighted by molar-refractivity contribution is 5.95. The minimum Gasteiger partial charge on any atom is -0.358 e. The van der Waals surface area contributed by atoms with Gasteiger partial charge in [0.05, 0.1) is 0 Å². The van der Waals surface area contributed by atoms with Gasteiger partial charge in [0.15, 0.2) is 0 Å². The molecule has 25 heavy (non-hydrogen) atoms. The van der Waals surface area contributed by atoms with Gasteiger partial charge in [0.1, 0.15) is 6.04 Å². The molecule has 1 rings (SSSR count). The Kier molecular flexibility index (Phi) is 9.13. The lowest BCUT2D eigenvalue weighted by Gasteiger charge is -2.16. The van der Waals surface area contributed by atoms with E-state index in [1.165, 1.54) is 0 Å². The van der Waals surface area contributed by atoms with Crippen molar-refractivity contribution in [2.45, 2.75) is 25.3 Å². The topological polar surface area (TPSA) is 142 Å². The van der Waals surface area contributed by atoms with Gasteiger partial charge in [-0.2, -0.15) is 0 Å². The largest absolute Gasteiger partial charge is 0.358 e. The van der Waals surface area contributed by atoms with Gasteiger partial charge in [-0.3, -0.25) is 14.4 Å². The molecule has 0 aliphatic carbocycles.